The Morgan fingerprint density at radius 3 is 2.38 bits per heavy atom. The highest BCUT2D eigenvalue weighted by molar-refractivity contribution is 5.97. The van der Waals surface area contributed by atoms with Gasteiger partial charge < -0.3 is 19.3 Å². The lowest BCUT2D eigenvalue weighted by Gasteiger charge is -2.34. The molecule has 2 rings (SSSR count). The Morgan fingerprint density at radius 2 is 1.90 bits per heavy atom. The number of ether oxygens (including phenoxy) is 3. The van der Waals surface area contributed by atoms with Crippen molar-refractivity contribution in [2.24, 2.45) is 0 Å². The molecule has 1 aromatic carbocycles. The third-order valence-corrected chi connectivity index (χ3v) is 4.78. The molecule has 0 bridgehead atoms. The standard InChI is InChI=1S/C20H25NO8/c1-3-28-19(24)17(12-18(22)23)20(13-21(25)26,29-16-6-4-5-7-16)14-8-10-15(27-2)11-9-14/h8-12,16H,3-7,13H2,1-2H3,(H,22,23)/b17-12+. The summed E-state index contributed by atoms with van der Waals surface area (Å²) in [6.07, 6.45) is 3.40. The molecular formula is C20H25NO8. The van der Waals surface area contributed by atoms with E-state index in [1.54, 1.807) is 19.1 Å². The van der Waals surface area contributed by atoms with Gasteiger partial charge in [0.15, 0.2) is 5.60 Å². The minimum Gasteiger partial charge on any atom is -0.497 e. The third kappa shape index (κ3) is 5.54. The van der Waals surface area contributed by atoms with Crippen molar-refractivity contribution in [3.05, 3.63) is 51.6 Å². The molecule has 1 aliphatic rings. The second-order valence-electron chi connectivity index (χ2n) is 6.69. The maximum absolute atomic E-state index is 12.7. The normalized spacial score (nSPS) is 16.8. The van der Waals surface area contributed by atoms with E-state index in [4.69, 9.17) is 14.2 Å². The smallest absolute Gasteiger partial charge is 0.337 e. The number of carboxylic acids is 1. The molecule has 0 radical (unpaired) electrons. The van der Waals surface area contributed by atoms with Gasteiger partial charge in [-0.05, 0) is 37.5 Å². The molecule has 1 atom stereocenters. The molecule has 1 unspecified atom stereocenters. The number of hydrogen-bond donors (Lipinski definition) is 1. The quantitative estimate of drug-likeness (QED) is 0.272. The van der Waals surface area contributed by atoms with E-state index < -0.39 is 34.6 Å². The Bertz CT molecular complexity index is 767. The second kappa shape index (κ2) is 10.0. The van der Waals surface area contributed by atoms with Crippen molar-refractivity contribution in [1.29, 1.82) is 0 Å². The van der Waals surface area contributed by atoms with Gasteiger partial charge in [0, 0.05) is 11.0 Å². The van der Waals surface area contributed by atoms with Crippen LogP contribution in [0.2, 0.25) is 0 Å². The summed E-state index contributed by atoms with van der Waals surface area (Å²) in [5, 5.41) is 21.0. The summed E-state index contributed by atoms with van der Waals surface area (Å²) in [4.78, 5) is 35.2. The lowest BCUT2D eigenvalue weighted by Crippen LogP contribution is -2.45. The molecule has 0 amide bonds. The molecule has 29 heavy (non-hydrogen) atoms. The van der Waals surface area contributed by atoms with Crippen LogP contribution in [-0.2, 0) is 24.7 Å². The minimum atomic E-state index is -1.91. The van der Waals surface area contributed by atoms with Crippen LogP contribution in [0.5, 0.6) is 5.75 Å². The summed E-state index contributed by atoms with van der Waals surface area (Å²) < 4.78 is 16.3. The van der Waals surface area contributed by atoms with Crippen molar-refractivity contribution < 1.29 is 33.8 Å². The average Bonchev–Trinajstić information content (AvgIpc) is 3.18. The topological polar surface area (TPSA) is 125 Å². The average molecular weight is 407 g/mol. The van der Waals surface area contributed by atoms with Gasteiger partial charge in [-0.3, -0.25) is 10.1 Å². The van der Waals surface area contributed by atoms with Crippen molar-refractivity contribution in [2.45, 2.75) is 44.3 Å². The highest BCUT2D eigenvalue weighted by atomic mass is 16.6. The summed E-state index contributed by atoms with van der Waals surface area (Å²) in [7, 11) is 1.47. The Morgan fingerprint density at radius 1 is 1.28 bits per heavy atom. The van der Waals surface area contributed by atoms with Gasteiger partial charge in [-0.1, -0.05) is 25.0 Å². The maximum Gasteiger partial charge on any atom is 0.337 e. The zero-order valence-electron chi connectivity index (χ0n) is 16.5. The number of nitrogens with zero attached hydrogens (tertiary/aromatic N) is 1. The van der Waals surface area contributed by atoms with Gasteiger partial charge in [0.2, 0.25) is 6.54 Å². The third-order valence-electron chi connectivity index (χ3n) is 4.78. The molecule has 1 fully saturated rings. The van der Waals surface area contributed by atoms with Gasteiger partial charge in [0.1, 0.15) is 5.75 Å². The largest absolute Gasteiger partial charge is 0.497 e. The van der Waals surface area contributed by atoms with E-state index in [0.717, 1.165) is 12.8 Å². The number of carbonyl (C=O) groups is 2. The molecule has 1 aromatic rings. The van der Waals surface area contributed by atoms with E-state index in [1.807, 2.05) is 0 Å². The maximum atomic E-state index is 12.7. The van der Waals surface area contributed by atoms with E-state index in [0.29, 0.717) is 24.7 Å². The SMILES string of the molecule is CCOC(=O)/C(=C\C(=O)O)C(C[N+](=O)[O-])(OC1CCCC1)c1ccc(OC)cc1. The molecule has 9 heteroatoms. The molecule has 0 saturated heterocycles. The van der Waals surface area contributed by atoms with Gasteiger partial charge in [0.25, 0.3) is 0 Å². The summed E-state index contributed by atoms with van der Waals surface area (Å²) in [6.45, 7) is 0.723. The van der Waals surface area contributed by atoms with Gasteiger partial charge >= 0.3 is 11.9 Å². The Labute approximate surface area is 168 Å². The van der Waals surface area contributed by atoms with Crippen molar-refractivity contribution in [1.82, 2.24) is 0 Å². The molecule has 0 aliphatic heterocycles. The first-order valence-electron chi connectivity index (χ1n) is 9.38. The van der Waals surface area contributed by atoms with Crippen molar-refractivity contribution >= 4 is 11.9 Å². The molecule has 158 valence electrons. The van der Waals surface area contributed by atoms with E-state index >= 15 is 0 Å². The van der Waals surface area contributed by atoms with Crippen LogP contribution in [0.15, 0.2) is 35.9 Å². The van der Waals surface area contributed by atoms with Crippen LogP contribution in [-0.4, -0.2) is 48.3 Å². The van der Waals surface area contributed by atoms with Crippen molar-refractivity contribution in [3.8, 4) is 5.75 Å². The number of methoxy groups -OCH3 is 1. The second-order valence-corrected chi connectivity index (χ2v) is 6.69. The number of carbonyl (C=O) groups excluding carboxylic acids is 1. The molecule has 0 spiro atoms. The van der Waals surface area contributed by atoms with Crippen LogP contribution in [0.1, 0.15) is 38.2 Å². The number of carboxylic acid groups (broad SMARTS) is 1. The number of aliphatic carboxylic acids is 1. The van der Waals surface area contributed by atoms with Gasteiger partial charge in [-0.15, -0.1) is 0 Å². The summed E-state index contributed by atoms with van der Waals surface area (Å²) in [5.41, 5.74) is -2.04. The minimum absolute atomic E-state index is 0.0175. The zero-order valence-corrected chi connectivity index (χ0v) is 16.5. The fraction of sp³-hybridized carbons (Fsp3) is 0.500. The zero-order chi connectivity index (χ0) is 21.4. The number of nitro groups is 1. The summed E-state index contributed by atoms with van der Waals surface area (Å²) in [5.74, 6) is -1.89. The van der Waals surface area contributed by atoms with Crippen LogP contribution < -0.4 is 4.74 Å². The predicted molar refractivity (Wildman–Crippen MR) is 102 cm³/mol. The van der Waals surface area contributed by atoms with Crippen molar-refractivity contribution in [3.63, 3.8) is 0 Å². The van der Waals surface area contributed by atoms with Crippen molar-refractivity contribution in [2.75, 3.05) is 20.3 Å². The lowest BCUT2D eigenvalue weighted by molar-refractivity contribution is -0.502. The first-order valence-corrected chi connectivity index (χ1v) is 9.38. The van der Waals surface area contributed by atoms with E-state index in [9.17, 15) is 24.8 Å². The number of rotatable bonds is 10. The van der Waals surface area contributed by atoms with E-state index in [-0.39, 0.29) is 18.3 Å². The fourth-order valence-electron chi connectivity index (χ4n) is 3.51. The molecular weight excluding hydrogens is 382 g/mol. The first-order chi connectivity index (χ1) is 13.8. The van der Waals surface area contributed by atoms with Gasteiger partial charge in [-0.25, -0.2) is 9.59 Å². The van der Waals surface area contributed by atoms with Gasteiger partial charge in [-0.2, -0.15) is 0 Å². The number of esters is 1. The molecule has 9 nitrogen and oxygen atoms in total. The highest BCUT2D eigenvalue weighted by Crippen LogP contribution is 2.40. The lowest BCUT2D eigenvalue weighted by atomic mass is 9.84. The number of benzene rings is 1. The first kappa shape index (κ1) is 22.4. The van der Waals surface area contributed by atoms with Crippen LogP contribution in [0.25, 0.3) is 0 Å². The molecule has 1 saturated carbocycles. The van der Waals surface area contributed by atoms with E-state index in [2.05, 4.69) is 0 Å². The highest BCUT2D eigenvalue weighted by Gasteiger charge is 2.49. The van der Waals surface area contributed by atoms with Crippen LogP contribution >= 0.6 is 0 Å². The van der Waals surface area contributed by atoms with Gasteiger partial charge in [0.05, 0.1) is 25.4 Å². The number of hydrogen-bond acceptors (Lipinski definition) is 7. The molecule has 1 aliphatic carbocycles. The monoisotopic (exact) mass is 407 g/mol. The molecule has 0 aromatic heterocycles. The summed E-state index contributed by atoms with van der Waals surface area (Å²) >= 11 is 0. The summed E-state index contributed by atoms with van der Waals surface area (Å²) in [6, 6.07) is 6.22. The Balaban J connectivity index is 2.70. The van der Waals surface area contributed by atoms with Crippen LogP contribution in [0, 0.1) is 10.1 Å². The molecule has 0 heterocycles. The Kier molecular flexibility index (Phi) is 7.72. The molecule has 1 N–H and O–H groups in total. The van der Waals surface area contributed by atoms with Crippen LogP contribution in [0.3, 0.4) is 0 Å². The Hall–Kier alpha value is -2.94. The van der Waals surface area contributed by atoms with E-state index in [1.165, 1.54) is 19.2 Å². The predicted octanol–water partition coefficient (Wildman–Crippen LogP) is 2.70. The fourth-order valence-corrected chi connectivity index (χ4v) is 3.51. The van der Waals surface area contributed by atoms with Crippen LogP contribution in [0.4, 0.5) is 0 Å².